The molecule has 0 unspecified atom stereocenters. The molecule has 0 aromatic heterocycles. The molecule has 0 atom stereocenters. The molecule has 3 N–H and O–H groups in total. The van der Waals surface area contributed by atoms with Gasteiger partial charge in [-0.1, -0.05) is 18.2 Å². The highest BCUT2D eigenvalue weighted by molar-refractivity contribution is 14.0. The van der Waals surface area contributed by atoms with Crippen LogP contribution in [-0.2, 0) is 13.0 Å². The second-order valence-corrected chi connectivity index (χ2v) is 5.77. The average molecular weight is 485 g/mol. The minimum absolute atomic E-state index is 0. The molecule has 0 radical (unpaired) electrons. The van der Waals surface area contributed by atoms with Gasteiger partial charge < -0.3 is 25.3 Å². The van der Waals surface area contributed by atoms with Crippen molar-refractivity contribution in [2.45, 2.75) is 19.4 Å². The zero-order valence-corrected chi connectivity index (χ0v) is 18.4. The maximum atomic E-state index is 5.93. The first-order valence-corrected chi connectivity index (χ1v) is 8.54. The summed E-state index contributed by atoms with van der Waals surface area (Å²) in [6.45, 7) is 1.25. The SMILES string of the molecule is COc1ccc(CCCNC(N)=NCc2ccc(OC)c(OC)c2)cc1.I. The van der Waals surface area contributed by atoms with Crippen LogP contribution in [0.25, 0.3) is 0 Å². The van der Waals surface area contributed by atoms with E-state index in [9.17, 15) is 0 Å². The number of hydrogen-bond acceptors (Lipinski definition) is 4. The van der Waals surface area contributed by atoms with Crippen molar-refractivity contribution in [1.82, 2.24) is 5.32 Å². The summed E-state index contributed by atoms with van der Waals surface area (Å²) in [7, 11) is 4.90. The number of guanidine groups is 1. The van der Waals surface area contributed by atoms with Crippen molar-refractivity contribution in [2.24, 2.45) is 10.7 Å². The minimum Gasteiger partial charge on any atom is -0.497 e. The Balaban J connectivity index is 0.00000364. The summed E-state index contributed by atoms with van der Waals surface area (Å²) < 4.78 is 15.7. The van der Waals surface area contributed by atoms with E-state index in [0.717, 1.165) is 30.7 Å². The highest BCUT2D eigenvalue weighted by atomic mass is 127. The van der Waals surface area contributed by atoms with Crippen molar-refractivity contribution in [3.8, 4) is 17.2 Å². The predicted molar refractivity (Wildman–Crippen MR) is 120 cm³/mol. The number of methoxy groups -OCH3 is 3. The Morgan fingerprint density at radius 1 is 0.926 bits per heavy atom. The van der Waals surface area contributed by atoms with Crippen molar-refractivity contribution in [1.29, 1.82) is 0 Å². The van der Waals surface area contributed by atoms with Gasteiger partial charge in [0.25, 0.3) is 0 Å². The molecule has 0 aliphatic rings. The summed E-state index contributed by atoms with van der Waals surface area (Å²) in [6.07, 6.45) is 1.94. The fourth-order valence-corrected chi connectivity index (χ4v) is 2.51. The third kappa shape index (κ3) is 7.54. The van der Waals surface area contributed by atoms with Crippen LogP contribution in [0.5, 0.6) is 17.2 Å². The topological polar surface area (TPSA) is 78.1 Å². The van der Waals surface area contributed by atoms with Gasteiger partial charge in [-0.05, 0) is 48.2 Å². The zero-order chi connectivity index (χ0) is 18.8. The number of nitrogens with zero attached hydrogens (tertiary/aromatic N) is 1. The third-order valence-corrected chi connectivity index (χ3v) is 3.99. The van der Waals surface area contributed by atoms with Crippen LogP contribution in [0.3, 0.4) is 0 Å². The Morgan fingerprint density at radius 3 is 2.22 bits per heavy atom. The van der Waals surface area contributed by atoms with Crippen molar-refractivity contribution in [2.75, 3.05) is 27.9 Å². The highest BCUT2D eigenvalue weighted by Gasteiger charge is 2.04. The van der Waals surface area contributed by atoms with Crippen LogP contribution in [0.15, 0.2) is 47.5 Å². The van der Waals surface area contributed by atoms with Crippen LogP contribution in [0.2, 0.25) is 0 Å². The molecule has 0 aliphatic heterocycles. The molecule has 0 heterocycles. The molecule has 6 nitrogen and oxygen atoms in total. The highest BCUT2D eigenvalue weighted by Crippen LogP contribution is 2.27. The molecule has 0 amide bonds. The standard InChI is InChI=1S/C20H27N3O3.HI/c1-24-17-9-6-15(7-10-17)5-4-12-22-20(21)23-14-16-8-11-18(25-2)19(13-16)26-3;/h6-11,13H,4-5,12,14H2,1-3H3,(H3,21,22,23);1H. The second kappa shape index (κ2) is 12.3. The number of hydrogen-bond donors (Lipinski definition) is 2. The van der Waals surface area contributed by atoms with Crippen LogP contribution in [0, 0.1) is 0 Å². The lowest BCUT2D eigenvalue weighted by Gasteiger charge is -2.09. The molecule has 0 saturated heterocycles. The number of benzene rings is 2. The fourth-order valence-electron chi connectivity index (χ4n) is 2.51. The second-order valence-electron chi connectivity index (χ2n) is 5.77. The van der Waals surface area contributed by atoms with Gasteiger partial charge in [0.2, 0.25) is 0 Å². The van der Waals surface area contributed by atoms with Crippen molar-refractivity contribution < 1.29 is 14.2 Å². The van der Waals surface area contributed by atoms with E-state index in [1.807, 2.05) is 30.3 Å². The number of nitrogens with one attached hydrogen (secondary N) is 1. The fraction of sp³-hybridized carbons (Fsp3) is 0.350. The van der Waals surface area contributed by atoms with Crippen molar-refractivity contribution in [3.63, 3.8) is 0 Å². The quantitative estimate of drug-likeness (QED) is 0.247. The molecule has 7 heteroatoms. The Kier molecular flexibility index (Phi) is 10.4. The monoisotopic (exact) mass is 485 g/mol. The molecule has 0 fully saturated rings. The molecular weight excluding hydrogens is 457 g/mol. The molecule has 27 heavy (non-hydrogen) atoms. The lowest BCUT2D eigenvalue weighted by molar-refractivity contribution is 0.354. The molecule has 0 aliphatic carbocycles. The van der Waals surface area contributed by atoms with Gasteiger partial charge in [0, 0.05) is 6.54 Å². The molecule has 2 rings (SSSR count). The lowest BCUT2D eigenvalue weighted by Crippen LogP contribution is -2.32. The van der Waals surface area contributed by atoms with E-state index >= 15 is 0 Å². The van der Waals surface area contributed by atoms with Gasteiger partial charge in [-0.25, -0.2) is 4.99 Å². The van der Waals surface area contributed by atoms with Crippen molar-refractivity contribution >= 4 is 29.9 Å². The summed E-state index contributed by atoms with van der Waals surface area (Å²) in [5.41, 5.74) is 8.21. The number of halogens is 1. The third-order valence-electron chi connectivity index (χ3n) is 3.99. The van der Waals surface area contributed by atoms with E-state index < -0.39 is 0 Å². The first kappa shape index (κ1) is 22.9. The maximum absolute atomic E-state index is 5.93. The Hall–Kier alpha value is -2.16. The van der Waals surface area contributed by atoms with E-state index in [-0.39, 0.29) is 24.0 Å². The van der Waals surface area contributed by atoms with Crippen LogP contribution in [0.4, 0.5) is 0 Å². The number of rotatable bonds is 9. The van der Waals surface area contributed by atoms with Gasteiger partial charge in [-0.3, -0.25) is 0 Å². The van der Waals surface area contributed by atoms with Gasteiger partial charge in [0.15, 0.2) is 17.5 Å². The predicted octanol–water partition coefficient (Wildman–Crippen LogP) is 3.37. The average Bonchev–Trinajstić information content (AvgIpc) is 2.69. The Bertz CT molecular complexity index is 721. The summed E-state index contributed by atoms with van der Waals surface area (Å²) in [6, 6.07) is 13.8. The molecule has 0 saturated carbocycles. The maximum Gasteiger partial charge on any atom is 0.188 e. The Labute approximate surface area is 178 Å². The molecular formula is C20H28IN3O3. The number of nitrogens with two attached hydrogens (primary N) is 1. The van der Waals surface area contributed by atoms with Gasteiger partial charge in [-0.15, -0.1) is 24.0 Å². The van der Waals surface area contributed by atoms with Gasteiger partial charge in [-0.2, -0.15) is 0 Å². The summed E-state index contributed by atoms with van der Waals surface area (Å²) in [5.74, 6) is 2.70. The van der Waals surface area contributed by atoms with E-state index in [4.69, 9.17) is 19.9 Å². The summed E-state index contributed by atoms with van der Waals surface area (Å²) in [5, 5.41) is 3.14. The van der Waals surface area contributed by atoms with Crippen LogP contribution < -0.4 is 25.3 Å². The number of aliphatic imine (C=N–C) groups is 1. The van der Waals surface area contributed by atoms with Crippen LogP contribution in [0.1, 0.15) is 17.5 Å². The van der Waals surface area contributed by atoms with Crippen LogP contribution in [-0.4, -0.2) is 33.8 Å². The number of aryl methyl sites for hydroxylation is 1. The smallest absolute Gasteiger partial charge is 0.188 e. The van der Waals surface area contributed by atoms with E-state index in [0.29, 0.717) is 24.0 Å². The molecule has 2 aromatic rings. The van der Waals surface area contributed by atoms with E-state index in [1.165, 1.54) is 5.56 Å². The van der Waals surface area contributed by atoms with E-state index in [2.05, 4.69) is 22.4 Å². The normalized spacial score (nSPS) is 10.7. The zero-order valence-electron chi connectivity index (χ0n) is 16.0. The number of ether oxygens (including phenoxy) is 3. The van der Waals surface area contributed by atoms with Gasteiger partial charge in [0.05, 0.1) is 27.9 Å². The van der Waals surface area contributed by atoms with Gasteiger partial charge in [0.1, 0.15) is 5.75 Å². The molecule has 2 aromatic carbocycles. The van der Waals surface area contributed by atoms with Crippen LogP contribution >= 0.6 is 24.0 Å². The van der Waals surface area contributed by atoms with E-state index in [1.54, 1.807) is 21.3 Å². The first-order valence-electron chi connectivity index (χ1n) is 8.54. The molecule has 0 bridgehead atoms. The summed E-state index contributed by atoms with van der Waals surface area (Å²) in [4.78, 5) is 4.36. The first-order chi connectivity index (χ1) is 12.7. The molecule has 0 spiro atoms. The Morgan fingerprint density at radius 2 is 1.59 bits per heavy atom. The summed E-state index contributed by atoms with van der Waals surface area (Å²) >= 11 is 0. The largest absolute Gasteiger partial charge is 0.497 e. The van der Waals surface area contributed by atoms with Crippen molar-refractivity contribution in [3.05, 3.63) is 53.6 Å². The minimum atomic E-state index is 0. The van der Waals surface area contributed by atoms with Gasteiger partial charge >= 0.3 is 0 Å². The molecule has 148 valence electrons. The lowest BCUT2D eigenvalue weighted by atomic mass is 10.1.